The molecule has 0 saturated heterocycles. The zero-order chi connectivity index (χ0) is 13.2. The van der Waals surface area contributed by atoms with Crippen LogP contribution in [0.3, 0.4) is 0 Å². The van der Waals surface area contributed by atoms with Crippen LogP contribution in [0.2, 0.25) is 0 Å². The Morgan fingerprint density at radius 2 is 1.37 bits per heavy atom. The summed E-state index contributed by atoms with van der Waals surface area (Å²) in [5.74, 6) is 0. The molecule has 2 heteroatoms. The summed E-state index contributed by atoms with van der Waals surface area (Å²) < 4.78 is 0.926. The molecule has 3 rings (SSSR count). The maximum absolute atomic E-state index is 10.6. The van der Waals surface area contributed by atoms with Crippen LogP contribution in [0.15, 0.2) is 71.2 Å². The fraction of sp³-hybridized carbons (Fsp3) is 0.0588. The van der Waals surface area contributed by atoms with Gasteiger partial charge in [0.15, 0.2) is 0 Å². The van der Waals surface area contributed by atoms with Gasteiger partial charge in [0.1, 0.15) is 6.10 Å². The second-order valence-electron chi connectivity index (χ2n) is 4.49. The van der Waals surface area contributed by atoms with Crippen LogP contribution in [0.4, 0.5) is 0 Å². The topological polar surface area (TPSA) is 20.2 Å². The predicted molar refractivity (Wildman–Crippen MR) is 82.2 cm³/mol. The first-order valence-electron chi connectivity index (χ1n) is 6.17. The van der Waals surface area contributed by atoms with Crippen LogP contribution in [0, 0.1) is 0 Å². The number of halogens is 1. The minimum atomic E-state index is -0.623. The number of hydrogen-bond acceptors (Lipinski definition) is 1. The third-order valence-electron chi connectivity index (χ3n) is 3.32. The highest BCUT2D eigenvalue weighted by atomic mass is 79.9. The lowest BCUT2D eigenvalue weighted by Gasteiger charge is -2.15. The van der Waals surface area contributed by atoms with Crippen LogP contribution in [0.1, 0.15) is 17.2 Å². The van der Waals surface area contributed by atoms with E-state index in [0.29, 0.717) is 0 Å². The van der Waals surface area contributed by atoms with E-state index in [1.807, 2.05) is 54.6 Å². The van der Waals surface area contributed by atoms with Gasteiger partial charge >= 0.3 is 0 Å². The second-order valence-corrected chi connectivity index (χ2v) is 5.35. The molecule has 3 aromatic rings. The van der Waals surface area contributed by atoms with E-state index in [-0.39, 0.29) is 0 Å². The molecule has 19 heavy (non-hydrogen) atoms. The van der Waals surface area contributed by atoms with Crippen LogP contribution >= 0.6 is 15.9 Å². The van der Waals surface area contributed by atoms with Gasteiger partial charge in [0.25, 0.3) is 0 Å². The Kier molecular flexibility index (Phi) is 3.36. The van der Waals surface area contributed by atoms with Crippen LogP contribution in [-0.2, 0) is 0 Å². The molecule has 0 aliphatic carbocycles. The number of aliphatic hydroxyl groups excluding tert-OH is 1. The van der Waals surface area contributed by atoms with Crippen LogP contribution < -0.4 is 0 Å². The summed E-state index contributed by atoms with van der Waals surface area (Å²) in [5.41, 5.74) is 1.82. The lowest BCUT2D eigenvalue weighted by Crippen LogP contribution is -2.01. The quantitative estimate of drug-likeness (QED) is 0.728. The number of benzene rings is 3. The van der Waals surface area contributed by atoms with E-state index in [2.05, 4.69) is 28.1 Å². The monoisotopic (exact) mass is 312 g/mol. The van der Waals surface area contributed by atoms with Crippen molar-refractivity contribution in [3.05, 3.63) is 82.3 Å². The molecule has 0 amide bonds. The van der Waals surface area contributed by atoms with E-state index in [1.54, 1.807) is 0 Å². The molecule has 0 saturated carbocycles. The van der Waals surface area contributed by atoms with Crippen LogP contribution in [0.25, 0.3) is 10.8 Å². The largest absolute Gasteiger partial charge is 0.384 e. The summed E-state index contributed by atoms with van der Waals surface area (Å²) in [4.78, 5) is 0. The van der Waals surface area contributed by atoms with Gasteiger partial charge in [-0.25, -0.2) is 0 Å². The average molecular weight is 313 g/mol. The highest BCUT2D eigenvalue weighted by Gasteiger charge is 2.15. The Morgan fingerprint density at radius 1 is 0.737 bits per heavy atom. The lowest BCUT2D eigenvalue weighted by atomic mass is 9.96. The number of rotatable bonds is 2. The van der Waals surface area contributed by atoms with Crippen molar-refractivity contribution in [2.75, 3.05) is 0 Å². The Balaban J connectivity index is 2.17. The molecule has 1 unspecified atom stereocenters. The average Bonchev–Trinajstić information content (AvgIpc) is 2.46. The first kappa shape index (κ1) is 12.4. The zero-order valence-corrected chi connectivity index (χ0v) is 11.8. The zero-order valence-electron chi connectivity index (χ0n) is 10.3. The third kappa shape index (κ3) is 2.29. The maximum atomic E-state index is 10.6. The van der Waals surface area contributed by atoms with Gasteiger partial charge in [-0.1, -0.05) is 76.6 Å². The Morgan fingerprint density at radius 3 is 2.21 bits per heavy atom. The SMILES string of the molecule is OC(c1ccccc1Br)c1cccc2ccccc12. The Hall–Kier alpha value is -1.64. The summed E-state index contributed by atoms with van der Waals surface area (Å²) in [6, 6.07) is 21.9. The summed E-state index contributed by atoms with van der Waals surface area (Å²) >= 11 is 3.50. The highest BCUT2D eigenvalue weighted by Crippen LogP contribution is 2.32. The van der Waals surface area contributed by atoms with E-state index in [0.717, 1.165) is 26.4 Å². The summed E-state index contributed by atoms with van der Waals surface area (Å²) in [6.07, 6.45) is -0.623. The number of aliphatic hydroxyl groups is 1. The first-order chi connectivity index (χ1) is 9.27. The molecule has 94 valence electrons. The second kappa shape index (κ2) is 5.16. The van der Waals surface area contributed by atoms with E-state index >= 15 is 0 Å². The van der Waals surface area contributed by atoms with Gasteiger partial charge in [0.05, 0.1) is 0 Å². The van der Waals surface area contributed by atoms with Crippen molar-refractivity contribution >= 4 is 26.7 Å². The maximum Gasteiger partial charge on any atom is 0.106 e. The molecule has 0 spiro atoms. The lowest BCUT2D eigenvalue weighted by molar-refractivity contribution is 0.221. The molecule has 0 fully saturated rings. The van der Waals surface area contributed by atoms with Gasteiger partial charge in [-0.05, 0) is 28.0 Å². The van der Waals surface area contributed by atoms with Gasteiger partial charge < -0.3 is 5.11 Å². The van der Waals surface area contributed by atoms with Crippen molar-refractivity contribution in [1.29, 1.82) is 0 Å². The molecule has 0 aromatic heterocycles. The van der Waals surface area contributed by atoms with Crippen molar-refractivity contribution < 1.29 is 5.11 Å². The minimum Gasteiger partial charge on any atom is -0.384 e. The van der Waals surface area contributed by atoms with Crippen molar-refractivity contribution in [2.45, 2.75) is 6.10 Å². The molecule has 0 bridgehead atoms. The molecule has 0 heterocycles. The van der Waals surface area contributed by atoms with E-state index in [1.165, 1.54) is 0 Å². The molecular formula is C17H13BrO. The van der Waals surface area contributed by atoms with Crippen LogP contribution in [-0.4, -0.2) is 5.11 Å². The normalized spacial score (nSPS) is 12.5. The molecule has 0 radical (unpaired) electrons. The fourth-order valence-corrected chi connectivity index (χ4v) is 2.85. The molecule has 1 N–H and O–H groups in total. The van der Waals surface area contributed by atoms with Crippen molar-refractivity contribution in [3.63, 3.8) is 0 Å². The van der Waals surface area contributed by atoms with Gasteiger partial charge in [-0.3, -0.25) is 0 Å². The molecule has 1 nitrogen and oxygen atoms in total. The van der Waals surface area contributed by atoms with Gasteiger partial charge in [0, 0.05) is 4.47 Å². The highest BCUT2D eigenvalue weighted by molar-refractivity contribution is 9.10. The minimum absolute atomic E-state index is 0.623. The summed E-state index contributed by atoms with van der Waals surface area (Å²) in [5, 5.41) is 12.9. The predicted octanol–water partition coefficient (Wildman–Crippen LogP) is 4.68. The number of hydrogen-bond donors (Lipinski definition) is 1. The van der Waals surface area contributed by atoms with Gasteiger partial charge in [-0.15, -0.1) is 0 Å². The van der Waals surface area contributed by atoms with E-state index in [9.17, 15) is 5.11 Å². The van der Waals surface area contributed by atoms with Crippen molar-refractivity contribution in [3.8, 4) is 0 Å². The van der Waals surface area contributed by atoms with Crippen molar-refractivity contribution in [1.82, 2.24) is 0 Å². The van der Waals surface area contributed by atoms with Gasteiger partial charge in [0.2, 0.25) is 0 Å². The molecular weight excluding hydrogens is 300 g/mol. The fourth-order valence-electron chi connectivity index (χ4n) is 2.35. The Labute approximate surface area is 120 Å². The smallest absolute Gasteiger partial charge is 0.106 e. The van der Waals surface area contributed by atoms with Crippen LogP contribution in [0.5, 0.6) is 0 Å². The Bertz CT molecular complexity index is 716. The molecule has 0 aliphatic heterocycles. The van der Waals surface area contributed by atoms with Gasteiger partial charge in [-0.2, -0.15) is 0 Å². The third-order valence-corrected chi connectivity index (χ3v) is 4.04. The molecule has 1 atom stereocenters. The summed E-state index contributed by atoms with van der Waals surface area (Å²) in [6.45, 7) is 0. The standard InChI is InChI=1S/C17H13BrO/c18-16-11-4-3-9-15(16)17(19)14-10-5-7-12-6-1-2-8-13(12)14/h1-11,17,19H. The molecule has 3 aromatic carbocycles. The first-order valence-corrected chi connectivity index (χ1v) is 6.97. The number of fused-ring (bicyclic) bond motifs is 1. The summed E-state index contributed by atoms with van der Waals surface area (Å²) in [7, 11) is 0. The van der Waals surface area contributed by atoms with E-state index in [4.69, 9.17) is 0 Å². The molecule has 0 aliphatic rings. The van der Waals surface area contributed by atoms with Crippen molar-refractivity contribution in [2.24, 2.45) is 0 Å². The van der Waals surface area contributed by atoms with E-state index < -0.39 is 6.10 Å².